The number of benzene rings is 3. The SMILES string of the molecule is COc1ccc2ccccc2c1/C=C1\C(=O)NN(c2ccccc2)C1=O. The number of carbonyl (C=O) groups is 2. The summed E-state index contributed by atoms with van der Waals surface area (Å²) < 4.78 is 5.44. The molecule has 0 bridgehead atoms. The van der Waals surface area contributed by atoms with Crippen molar-refractivity contribution in [1.82, 2.24) is 5.43 Å². The Labute approximate surface area is 150 Å². The van der Waals surface area contributed by atoms with Gasteiger partial charge in [0, 0.05) is 5.56 Å². The second-order valence-electron chi connectivity index (χ2n) is 5.88. The molecule has 0 aromatic heterocycles. The zero-order chi connectivity index (χ0) is 18.1. The number of hydrazine groups is 1. The van der Waals surface area contributed by atoms with Crippen LogP contribution in [0.15, 0.2) is 72.3 Å². The normalized spacial score (nSPS) is 15.6. The average molecular weight is 344 g/mol. The van der Waals surface area contributed by atoms with E-state index >= 15 is 0 Å². The molecule has 0 spiro atoms. The monoisotopic (exact) mass is 344 g/mol. The molecule has 1 aliphatic rings. The topological polar surface area (TPSA) is 58.6 Å². The van der Waals surface area contributed by atoms with Crippen molar-refractivity contribution in [2.75, 3.05) is 12.1 Å². The number of carbonyl (C=O) groups excluding carboxylic acids is 2. The molecule has 0 unspecified atom stereocenters. The minimum atomic E-state index is -0.436. The zero-order valence-electron chi connectivity index (χ0n) is 14.1. The van der Waals surface area contributed by atoms with Crippen molar-refractivity contribution in [3.8, 4) is 5.75 Å². The number of hydrogen-bond donors (Lipinski definition) is 1. The van der Waals surface area contributed by atoms with Gasteiger partial charge in [0.15, 0.2) is 0 Å². The molecule has 1 N–H and O–H groups in total. The standard InChI is InChI=1S/C21H16N2O3/c1-26-19-12-11-14-7-5-6-10-16(14)17(19)13-18-20(24)22-23(21(18)25)15-8-3-2-4-9-15/h2-13H,1H3,(H,22,24)/b18-13+. The lowest BCUT2D eigenvalue weighted by atomic mass is 10.0. The maximum atomic E-state index is 12.8. The Morgan fingerprint density at radius 1 is 0.923 bits per heavy atom. The highest BCUT2D eigenvalue weighted by molar-refractivity contribution is 6.32. The van der Waals surface area contributed by atoms with Crippen LogP contribution in [-0.4, -0.2) is 18.9 Å². The number of ether oxygens (including phenoxy) is 1. The second kappa shape index (κ2) is 6.37. The van der Waals surface area contributed by atoms with Crippen molar-refractivity contribution < 1.29 is 14.3 Å². The van der Waals surface area contributed by atoms with Crippen molar-refractivity contribution >= 4 is 34.4 Å². The third-order valence-corrected chi connectivity index (χ3v) is 4.35. The van der Waals surface area contributed by atoms with Crippen LogP contribution in [-0.2, 0) is 9.59 Å². The third kappa shape index (κ3) is 2.59. The lowest BCUT2D eigenvalue weighted by Gasteiger charge is -2.14. The van der Waals surface area contributed by atoms with Crippen LogP contribution in [0.25, 0.3) is 16.8 Å². The number of methoxy groups -OCH3 is 1. The lowest BCUT2D eigenvalue weighted by Crippen LogP contribution is -2.35. The van der Waals surface area contributed by atoms with Gasteiger partial charge in [-0.3, -0.25) is 15.0 Å². The first kappa shape index (κ1) is 15.9. The Morgan fingerprint density at radius 2 is 1.65 bits per heavy atom. The fourth-order valence-electron chi connectivity index (χ4n) is 3.06. The predicted octanol–water partition coefficient (Wildman–Crippen LogP) is 3.31. The van der Waals surface area contributed by atoms with Crippen molar-refractivity contribution in [2.24, 2.45) is 0 Å². The van der Waals surface area contributed by atoms with Gasteiger partial charge in [-0.25, -0.2) is 5.01 Å². The highest BCUT2D eigenvalue weighted by Crippen LogP contribution is 2.31. The van der Waals surface area contributed by atoms with Crippen molar-refractivity contribution in [2.45, 2.75) is 0 Å². The Hall–Kier alpha value is -3.60. The molecule has 1 heterocycles. The summed E-state index contributed by atoms with van der Waals surface area (Å²) in [5.74, 6) is -0.222. The Kier molecular flexibility index (Phi) is 3.89. The molecule has 0 atom stereocenters. The first-order valence-electron chi connectivity index (χ1n) is 8.17. The summed E-state index contributed by atoms with van der Waals surface area (Å²) in [6, 6.07) is 20.5. The van der Waals surface area contributed by atoms with E-state index in [1.807, 2.05) is 54.6 Å². The van der Waals surface area contributed by atoms with E-state index in [1.54, 1.807) is 25.3 Å². The predicted molar refractivity (Wildman–Crippen MR) is 101 cm³/mol. The molecular weight excluding hydrogens is 328 g/mol. The summed E-state index contributed by atoms with van der Waals surface area (Å²) in [6.07, 6.45) is 1.60. The molecule has 1 fully saturated rings. The number of para-hydroxylation sites is 1. The average Bonchev–Trinajstić information content (AvgIpc) is 2.97. The lowest BCUT2D eigenvalue weighted by molar-refractivity contribution is -0.117. The van der Waals surface area contributed by atoms with Crippen LogP contribution >= 0.6 is 0 Å². The van der Waals surface area contributed by atoms with E-state index in [0.717, 1.165) is 10.8 Å². The molecule has 5 nitrogen and oxygen atoms in total. The van der Waals surface area contributed by atoms with Gasteiger partial charge in [0.25, 0.3) is 11.8 Å². The molecule has 1 saturated heterocycles. The number of rotatable bonds is 3. The van der Waals surface area contributed by atoms with E-state index in [9.17, 15) is 9.59 Å². The van der Waals surface area contributed by atoms with Crippen LogP contribution in [0, 0.1) is 0 Å². The molecule has 1 aliphatic heterocycles. The van der Waals surface area contributed by atoms with Gasteiger partial charge < -0.3 is 4.74 Å². The highest BCUT2D eigenvalue weighted by Gasteiger charge is 2.34. The maximum absolute atomic E-state index is 12.8. The molecule has 5 heteroatoms. The van der Waals surface area contributed by atoms with E-state index in [1.165, 1.54) is 5.01 Å². The molecular formula is C21H16N2O3. The van der Waals surface area contributed by atoms with E-state index in [0.29, 0.717) is 17.0 Å². The molecule has 0 radical (unpaired) electrons. The second-order valence-corrected chi connectivity index (χ2v) is 5.88. The highest BCUT2D eigenvalue weighted by atomic mass is 16.5. The summed E-state index contributed by atoms with van der Waals surface area (Å²) in [6.45, 7) is 0. The van der Waals surface area contributed by atoms with Crippen LogP contribution in [0.4, 0.5) is 5.69 Å². The summed E-state index contributed by atoms with van der Waals surface area (Å²) in [4.78, 5) is 25.2. The summed E-state index contributed by atoms with van der Waals surface area (Å²) >= 11 is 0. The maximum Gasteiger partial charge on any atom is 0.282 e. The van der Waals surface area contributed by atoms with E-state index in [4.69, 9.17) is 4.74 Å². The fourth-order valence-corrected chi connectivity index (χ4v) is 3.06. The zero-order valence-corrected chi connectivity index (χ0v) is 14.1. The number of nitrogens with one attached hydrogen (secondary N) is 1. The number of nitrogens with zero attached hydrogens (tertiary/aromatic N) is 1. The van der Waals surface area contributed by atoms with Gasteiger partial charge in [0.2, 0.25) is 0 Å². The van der Waals surface area contributed by atoms with Crippen molar-refractivity contribution in [3.05, 3.63) is 77.9 Å². The van der Waals surface area contributed by atoms with Crippen LogP contribution < -0.4 is 15.2 Å². The minimum Gasteiger partial charge on any atom is -0.496 e. The smallest absolute Gasteiger partial charge is 0.282 e. The molecule has 128 valence electrons. The van der Waals surface area contributed by atoms with Crippen molar-refractivity contribution in [3.63, 3.8) is 0 Å². The summed E-state index contributed by atoms with van der Waals surface area (Å²) in [5, 5.41) is 3.18. The van der Waals surface area contributed by atoms with E-state index in [-0.39, 0.29) is 5.57 Å². The Morgan fingerprint density at radius 3 is 2.42 bits per heavy atom. The number of hydrogen-bond acceptors (Lipinski definition) is 3. The van der Waals surface area contributed by atoms with Gasteiger partial charge in [0.1, 0.15) is 11.3 Å². The van der Waals surface area contributed by atoms with E-state index < -0.39 is 11.8 Å². The third-order valence-electron chi connectivity index (χ3n) is 4.35. The minimum absolute atomic E-state index is 0.0727. The van der Waals surface area contributed by atoms with Gasteiger partial charge in [-0.2, -0.15) is 0 Å². The molecule has 3 aromatic rings. The van der Waals surface area contributed by atoms with Crippen LogP contribution in [0.3, 0.4) is 0 Å². The molecule has 2 amide bonds. The fraction of sp³-hybridized carbons (Fsp3) is 0.0476. The molecule has 3 aromatic carbocycles. The first-order chi connectivity index (χ1) is 12.7. The molecule has 4 rings (SSSR count). The van der Waals surface area contributed by atoms with Crippen LogP contribution in [0.1, 0.15) is 5.56 Å². The van der Waals surface area contributed by atoms with Crippen molar-refractivity contribution in [1.29, 1.82) is 0 Å². The molecule has 0 saturated carbocycles. The number of fused-ring (bicyclic) bond motifs is 1. The first-order valence-corrected chi connectivity index (χ1v) is 8.17. The van der Waals surface area contributed by atoms with Gasteiger partial charge in [0.05, 0.1) is 12.8 Å². The van der Waals surface area contributed by atoms with Gasteiger partial charge >= 0.3 is 0 Å². The Bertz CT molecular complexity index is 1040. The number of anilines is 1. The largest absolute Gasteiger partial charge is 0.496 e. The van der Waals surface area contributed by atoms with Gasteiger partial charge in [-0.1, -0.05) is 48.5 Å². The number of amides is 2. The van der Waals surface area contributed by atoms with E-state index in [2.05, 4.69) is 5.43 Å². The summed E-state index contributed by atoms with van der Waals surface area (Å²) in [5.41, 5.74) is 4.00. The molecule has 26 heavy (non-hydrogen) atoms. The van der Waals surface area contributed by atoms with Crippen LogP contribution in [0.2, 0.25) is 0 Å². The summed E-state index contributed by atoms with van der Waals surface area (Å²) in [7, 11) is 1.57. The van der Waals surface area contributed by atoms with Crippen LogP contribution in [0.5, 0.6) is 5.75 Å². The van der Waals surface area contributed by atoms with Gasteiger partial charge in [-0.15, -0.1) is 0 Å². The molecule has 0 aliphatic carbocycles. The Balaban J connectivity index is 1.83. The quantitative estimate of drug-likeness (QED) is 0.586. The van der Waals surface area contributed by atoms with Gasteiger partial charge in [-0.05, 0) is 35.0 Å².